The molecule has 0 saturated heterocycles. The molecule has 0 saturated carbocycles. The summed E-state index contributed by atoms with van der Waals surface area (Å²) in [4.78, 5) is 13.5. The van der Waals surface area contributed by atoms with Crippen molar-refractivity contribution >= 4 is 17.3 Å². The molecule has 0 bridgehead atoms. The van der Waals surface area contributed by atoms with Crippen LogP contribution < -0.4 is 16.0 Å². The molecule has 0 unspecified atom stereocenters. The molecule has 1 amide bonds. The second-order valence-corrected chi connectivity index (χ2v) is 4.48. The van der Waals surface area contributed by atoms with Crippen molar-refractivity contribution in [1.82, 2.24) is 0 Å². The first-order valence-corrected chi connectivity index (χ1v) is 6.04. The molecule has 0 aliphatic carbocycles. The van der Waals surface area contributed by atoms with E-state index in [1.165, 1.54) is 0 Å². The van der Waals surface area contributed by atoms with Gasteiger partial charge in [0, 0.05) is 25.0 Å². The van der Waals surface area contributed by atoms with E-state index in [1.807, 2.05) is 12.1 Å². The number of hydrogen-bond donors (Lipinski definition) is 2. The first kappa shape index (κ1) is 11.9. The van der Waals surface area contributed by atoms with E-state index in [0.29, 0.717) is 6.42 Å². The summed E-state index contributed by atoms with van der Waals surface area (Å²) in [7, 11) is 2.07. The van der Waals surface area contributed by atoms with Gasteiger partial charge in [0.05, 0.1) is 6.42 Å². The van der Waals surface area contributed by atoms with Crippen LogP contribution in [-0.4, -0.2) is 26.0 Å². The van der Waals surface area contributed by atoms with Crippen molar-refractivity contribution in [3.05, 3.63) is 23.8 Å². The standard InChI is InChI=1S/C13H19N3O/c1-16(7-3-2-6-14)11-4-5-12-10(8-11)9-13(17)15-12/h4-5,8H,2-3,6-7,9,14H2,1H3,(H,15,17). The Kier molecular flexibility index (Phi) is 3.64. The van der Waals surface area contributed by atoms with E-state index >= 15 is 0 Å². The lowest BCUT2D eigenvalue weighted by Gasteiger charge is -2.19. The summed E-state index contributed by atoms with van der Waals surface area (Å²) in [5.41, 5.74) is 8.69. The number of amides is 1. The summed E-state index contributed by atoms with van der Waals surface area (Å²) in [5.74, 6) is 0.0861. The normalized spacial score (nSPS) is 13.4. The SMILES string of the molecule is CN(CCCCN)c1ccc2c(c1)CC(=O)N2. The second-order valence-electron chi connectivity index (χ2n) is 4.48. The van der Waals surface area contributed by atoms with Gasteiger partial charge in [0.2, 0.25) is 5.91 Å². The molecule has 1 heterocycles. The highest BCUT2D eigenvalue weighted by atomic mass is 16.1. The minimum Gasteiger partial charge on any atom is -0.375 e. The Balaban J connectivity index is 2.02. The molecule has 4 heteroatoms. The van der Waals surface area contributed by atoms with E-state index in [0.717, 1.165) is 42.9 Å². The zero-order valence-electron chi connectivity index (χ0n) is 10.2. The van der Waals surface area contributed by atoms with Gasteiger partial charge in [-0.3, -0.25) is 4.79 Å². The number of nitrogens with two attached hydrogens (primary N) is 1. The van der Waals surface area contributed by atoms with Gasteiger partial charge in [-0.25, -0.2) is 0 Å². The predicted molar refractivity (Wildman–Crippen MR) is 70.3 cm³/mol. The van der Waals surface area contributed by atoms with Crippen molar-refractivity contribution in [1.29, 1.82) is 0 Å². The summed E-state index contributed by atoms with van der Waals surface area (Å²) in [6.45, 7) is 1.74. The van der Waals surface area contributed by atoms with E-state index in [9.17, 15) is 4.79 Å². The van der Waals surface area contributed by atoms with E-state index in [1.54, 1.807) is 0 Å². The van der Waals surface area contributed by atoms with E-state index in [-0.39, 0.29) is 5.91 Å². The third-order valence-electron chi connectivity index (χ3n) is 3.10. The van der Waals surface area contributed by atoms with Gasteiger partial charge in [0.15, 0.2) is 0 Å². The Morgan fingerprint density at radius 1 is 1.41 bits per heavy atom. The number of carbonyl (C=O) groups excluding carboxylic acids is 1. The van der Waals surface area contributed by atoms with Crippen LogP contribution in [0.3, 0.4) is 0 Å². The van der Waals surface area contributed by atoms with Gasteiger partial charge in [-0.05, 0) is 43.1 Å². The van der Waals surface area contributed by atoms with E-state index < -0.39 is 0 Å². The van der Waals surface area contributed by atoms with Crippen molar-refractivity contribution < 1.29 is 4.79 Å². The molecule has 1 aromatic rings. The summed E-state index contributed by atoms with van der Waals surface area (Å²) in [6.07, 6.45) is 2.65. The predicted octanol–water partition coefficient (Wildman–Crippen LogP) is 1.36. The monoisotopic (exact) mass is 233 g/mol. The number of benzene rings is 1. The fourth-order valence-electron chi connectivity index (χ4n) is 2.08. The Bertz CT molecular complexity index is 417. The van der Waals surface area contributed by atoms with Crippen LogP contribution in [0.15, 0.2) is 18.2 Å². The fraction of sp³-hybridized carbons (Fsp3) is 0.462. The zero-order chi connectivity index (χ0) is 12.3. The zero-order valence-corrected chi connectivity index (χ0v) is 10.2. The minimum atomic E-state index is 0.0861. The topological polar surface area (TPSA) is 58.4 Å². The Morgan fingerprint density at radius 3 is 3.00 bits per heavy atom. The fourth-order valence-corrected chi connectivity index (χ4v) is 2.08. The molecule has 1 aliphatic heterocycles. The Morgan fingerprint density at radius 2 is 2.24 bits per heavy atom. The van der Waals surface area contributed by atoms with Gasteiger partial charge in [0.1, 0.15) is 0 Å². The maximum absolute atomic E-state index is 11.3. The molecule has 1 aromatic carbocycles. The highest BCUT2D eigenvalue weighted by molar-refractivity contribution is 5.99. The quantitative estimate of drug-likeness (QED) is 0.755. The van der Waals surface area contributed by atoms with Gasteiger partial charge < -0.3 is 16.0 Å². The minimum absolute atomic E-state index is 0.0861. The molecule has 17 heavy (non-hydrogen) atoms. The lowest BCUT2D eigenvalue weighted by atomic mass is 10.1. The molecule has 2 rings (SSSR count). The molecule has 0 radical (unpaired) electrons. The van der Waals surface area contributed by atoms with Crippen LogP contribution in [0.5, 0.6) is 0 Å². The number of rotatable bonds is 5. The molecular weight excluding hydrogens is 214 g/mol. The first-order valence-electron chi connectivity index (χ1n) is 6.04. The summed E-state index contributed by atoms with van der Waals surface area (Å²) >= 11 is 0. The van der Waals surface area contributed by atoms with Crippen LogP contribution >= 0.6 is 0 Å². The smallest absolute Gasteiger partial charge is 0.228 e. The Labute approximate surface area is 102 Å². The molecule has 0 aromatic heterocycles. The third kappa shape index (κ3) is 2.77. The van der Waals surface area contributed by atoms with Gasteiger partial charge >= 0.3 is 0 Å². The third-order valence-corrected chi connectivity index (χ3v) is 3.10. The average Bonchev–Trinajstić information content (AvgIpc) is 2.68. The van der Waals surface area contributed by atoms with Crippen molar-refractivity contribution in [2.45, 2.75) is 19.3 Å². The number of anilines is 2. The number of nitrogens with zero attached hydrogens (tertiary/aromatic N) is 1. The van der Waals surface area contributed by atoms with Crippen LogP contribution in [0.4, 0.5) is 11.4 Å². The number of fused-ring (bicyclic) bond motifs is 1. The second kappa shape index (κ2) is 5.19. The maximum atomic E-state index is 11.3. The van der Waals surface area contributed by atoms with Gasteiger partial charge in [0.25, 0.3) is 0 Å². The molecule has 0 fully saturated rings. The molecule has 0 atom stereocenters. The molecule has 4 nitrogen and oxygen atoms in total. The number of nitrogens with one attached hydrogen (secondary N) is 1. The van der Waals surface area contributed by atoms with E-state index in [4.69, 9.17) is 5.73 Å². The summed E-state index contributed by atoms with van der Waals surface area (Å²) < 4.78 is 0. The highest BCUT2D eigenvalue weighted by Crippen LogP contribution is 2.27. The van der Waals surface area contributed by atoms with Crippen LogP contribution in [0, 0.1) is 0 Å². The molecule has 3 N–H and O–H groups in total. The Hall–Kier alpha value is -1.55. The lowest BCUT2D eigenvalue weighted by molar-refractivity contribution is -0.115. The summed E-state index contributed by atoms with van der Waals surface area (Å²) in [6, 6.07) is 6.12. The van der Waals surface area contributed by atoms with Crippen LogP contribution in [0.25, 0.3) is 0 Å². The average molecular weight is 233 g/mol. The van der Waals surface area contributed by atoms with Crippen molar-refractivity contribution in [3.8, 4) is 0 Å². The van der Waals surface area contributed by atoms with Crippen LogP contribution in [0.2, 0.25) is 0 Å². The van der Waals surface area contributed by atoms with Gasteiger partial charge in [-0.15, -0.1) is 0 Å². The van der Waals surface area contributed by atoms with Crippen LogP contribution in [0.1, 0.15) is 18.4 Å². The van der Waals surface area contributed by atoms with Crippen molar-refractivity contribution in [2.24, 2.45) is 5.73 Å². The molecule has 92 valence electrons. The highest BCUT2D eigenvalue weighted by Gasteiger charge is 2.17. The number of hydrogen-bond acceptors (Lipinski definition) is 3. The molecule has 0 spiro atoms. The number of carbonyl (C=O) groups is 1. The van der Waals surface area contributed by atoms with Crippen molar-refractivity contribution in [2.75, 3.05) is 30.4 Å². The van der Waals surface area contributed by atoms with Gasteiger partial charge in [-0.1, -0.05) is 0 Å². The first-order chi connectivity index (χ1) is 8.20. The molecule has 1 aliphatic rings. The van der Waals surface area contributed by atoms with Crippen molar-refractivity contribution in [3.63, 3.8) is 0 Å². The maximum Gasteiger partial charge on any atom is 0.228 e. The summed E-state index contributed by atoms with van der Waals surface area (Å²) in [5, 5.41) is 2.84. The largest absolute Gasteiger partial charge is 0.375 e. The number of unbranched alkanes of at least 4 members (excludes halogenated alkanes) is 1. The van der Waals surface area contributed by atoms with Gasteiger partial charge in [-0.2, -0.15) is 0 Å². The lowest BCUT2D eigenvalue weighted by Crippen LogP contribution is -2.19. The van der Waals surface area contributed by atoms with Crippen LogP contribution in [-0.2, 0) is 11.2 Å². The molecular formula is C13H19N3O. The van der Waals surface area contributed by atoms with E-state index in [2.05, 4.69) is 23.3 Å².